The first kappa shape index (κ1) is 13.7. The highest BCUT2D eigenvalue weighted by atomic mass is 32.2. The molecule has 0 bridgehead atoms. The van der Waals surface area contributed by atoms with Crippen LogP contribution in [-0.2, 0) is 16.4 Å². The largest absolute Gasteiger partial charge is 0.468 e. The third kappa shape index (κ3) is 4.18. The van der Waals surface area contributed by atoms with Gasteiger partial charge >= 0.3 is 0 Å². The smallest absolute Gasteiger partial charge is 0.299 e. The minimum absolute atomic E-state index is 0.0382. The van der Waals surface area contributed by atoms with E-state index in [2.05, 4.69) is 4.98 Å². The van der Waals surface area contributed by atoms with Crippen molar-refractivity contribution in [2.24, 2.45) is 0 Å². The summed E-state index contributed by atoms with van der Waals surface area (Å²) in [7, 11) is -1.59. The molecular weight excluding hydrogens is 244 g/mol. The second-order valence-corrected chi connectivity index (χ2v) is 6.12. The Morgan fingerprint density at radius 2 is 2.12 bits per heavy atom. The van der Waals surface area contributed by atoms with Crippen molar-refractivity contribution in [1.29, 1.82) is 0 Å². The van der Waals surface area contributed by atoms with Crippen LogP contribution in [0.25, 0.3) is 0 Å². The van der Waals surface area contributed by atoms with E-state index < -0.39 is 9.84 Å². The molecule has 7 heteroatoms. The molecule has 0 aliphatic carbocycles. The number of aryl methyl sites for hydroxylation is 1. The van der Waals surface area contributed by atoms with Crippen LogP contribution < -0.4 is 10.3 Å². The van der Waals surface area contributed by atoms with E-state index in [9.17, 15) is 13.2 Å². The molecule has 0 fully saturated rings. The molecule has 0 aliphatic rings. The zero-order chi connectivity index (χ0) is 13.1. The van der Waals surface area contributed by atoms with Gasteiger partial charge < -0.3 is 4.74 Å². The van der Waals surface area contributed by atoms with Crippen LogP contribution in [0.5, 0.6) is 6.01 Å². The zero-order valence-electron chi connectivity index (χ0n) is 10.1. The third-order valence-corrected chi connectivity index (χ3v) is 3.21. The number of hydrogen-bond donors (Lipinski definition) is 0. The molecule has 0 atom stereocenters. The Morgan fingerprint density at radius 1 is 1.47 bits per heavy atom. The molecule has 1 aromatic heterocycles. The lowest BCUT2D eigenvalue weighted by atomic mass is 10.4. The van der Waals surface area contributed by atoms with Crippen LogP contribution >= 0.6 is 0 Å². The maximum absolute atomic E-state index is 11.7. The summed E-state index contributed by atoms with van der Waals surface area (Å²) in [5, 5.41) is 0. The molecule has 1 aromatic rings. The van der Waals surface area contributed by atoms with E-state index in [1.807, 2.05) is 0 Å². The molecule has 17 heavy (non-hydrogen) atoms. The fourth-order valence-corrected chi connectivity index (χ4v) is 2.09. The molecule has 0 amide bonds. The fraction of sp³-hybridized carbons (Fsp3) is 0.600. The minimum atomic E-state index is -3.01. The van der Waals surface area contributed by atoms with Gasteiger partial charge in [0.1, 0.15) is 9.84 Å². The van der Waals surface area contributed by atoms with Crippen molar-refractivity contribution in [3.63, 3.8) is 0 Å². The molecule has 1 heterocycles. The lowest BCUT2D eigenvalue weighted by Crippen LogP contribution is -2.23. The standard InChI is InChI=1S/C10H16N2O4S/c1-8-7-9(13)12(10(11-8)16-2)5-4-6-17(3,14)15/h7H,4-6H2,1-3H3. The van der Waals surface area contributed by atoms with Crippen molar-refractivity contribution < 1.29 is 13.2 Å². The summed E-state index contributed by atoms with van der Waals surface area (Å²) in [6.07, 6.45) is 1.53. The summed E-state index contributed by atoms with van der Waals surface area (Å²) in [6.45, 7) is 1.98. The number of rotatable bonds is 5. The predicted octanol–water partition coefficient (Wildman–Crippen LogP) is -0.00498. The minimum Gasteiger partial charge on any atom is -0.468 e. The highest BCUT2D eigenvalue weighted by Crippen LogP contribution is 2.05. The maximum Gasteiger partial charge on any atom is 0.299 e. The van der Waals surface area contributed by atoms with Gasteiger partial charge in [-0.2, -0.15) is 0 Å². The first-order valence-electron chi connectivity index (χ1n) is 5.13. The Balaban J connectivity index is 2.87. The average molecular weight is 260 g/mol. The second kappa shape index (κ2) is 5.31. The molecule has 0 saturated carbocycles. The maximum atomic E-state index is 11.7. The van der Waals surface area contributed by atoms with E-state index in [1.165, 1.54) is 24.0 Å². The molecule has 0 radical (unpaired) electrons. The third-order valence-electron chi connectivity index (χ3n) is 2.18. The van der Waals surface area contributed by atoms with Crippen LogP contribution in [-0.4, -0.2) is 37.1 Å². The average Bonchev–Trinajstić information content (AvgIpc) is 2.18. The molecule has 6 nitrogen and oxygen atoms in total. The van der Waals surface area contributed by atoms with E-state index in [4.69, 9.17) is 4.74 Å². The van der Waals surface area contributed by atoms with Crippen molar-refractivity contribution in [3.05, 3.63) is 22.1 Å². The van der Waals surface area contributed by atoms with E-state index in [-0.39, 0.29) is 23.9 Å². The van der Waals surface area contributed by atoms with Gasteiger partial charge in [-0.05, 0) is 13.3 Å². The molecule has 0 N–H and O–H groups in total. The molecule has 1 rings (SSSR count). The predicted molar refractivity (Wildman–Crippen MR) is 64.1 cm³/mol. The summed E-state index contributed by atoms with van der Waals surface area (Å²) in [4.78, 5) is 15.7. The molecule has 0 aliphatic heterocycles. The molecule has 96 valence electrons. The number of sulfone groups is 1. The van der Waals surface area contributed by atoms with E-state index in [1.54, 1.807) is 6.92 Å². The summed E-state index contributed by atoms with van der Waals surface area (Å²) < 4.78 is 28.3. The van der Waals surface area contributed by atoms with Gasteiger partial charge in [-0.15, -0.1) is 0 Å². The van der Waals surface area contributed by atoms with Crippen molar-refractivity contribution in [2.75, 3.05) is 19.1 Å². The number of methoxy groups -OCH3 is 1. The zero-order valence-corrected chi connectivity index (χ0v) is 11.0. The Kier molecular flexibility index (Phi) is 4.28. The van der Waals surface area contributed by atoms with Gasteiger partial charge in [-0.25, -0.2) is 13.4 Å². The van der Waals surface area contributed by atoms with Crippen LogP contribution in [0.15, 0.2) is 10.9 Å². The Hall–Kier alpha value is -1.37. The Morgan fingerprint density at radius 3 is 2.65 bits per heavy atom. The topological polar surface area (TPSA) is 78.3 Å². The van der Waals surface area contributed by atoms with Gasteiger partial charge in [0, 0.05) is 24.6 Å². The van der Waals surface area contributed by atoms with Gasteiger partial charge in [0.05, 0.1) is 12.9 Å². The molecule has 0 spiro atoms. The number of ether oxygens (including phenoxy) is 1. The fourth-order valence-electron chi connectivity index (χ4n) is 1.44. The normalized spacial score (nSPS) is 11.5. The summed E-state index contributed by atoms with van der Waals surface area (Å²) >= 11 is 0. The van der Waals surface area contributed by atoms with Crippen LogP contribution in [0, 0.1) is 6.92 Å². The lowest BCUT2D eigenvalue weighted by Gasteiger charge is -2.10. The Bertz CT molecular complexity index is 548. The lowest BCUT2D eigenvalue weighted by molar-refractivity contribution is 0.343. The summed E-state index contributed by atoms with van der Waals surface area (Å²) in [5.41, 5.74) is 0.342. The van der Waals surface area contributed by atoms with Gasteiger partial charge in [0.15, 0.2) is 0 Å². The number of aromatic nitrogens is 2. The highest BCUT2D eigenvalue weighted by Gasteiger charge is 2.08. The van der Waals surface area contributed by atoms with Crippen molar-refractivity contribution in [1.82, 2.24) is 9.55 Å². The van der Waals surface area contributed by atoms with Crippen molar-refractivity contribution in [3.8, 4) is 6.01 Å². The number of nitrogens with zero attached hydrogens (tertiary/aromatic N) is 2. The van der Waals surface area contributed by atoms with Gasteiger partial charge in [-0.3, -0.25) is 9.36 Å². The SMILES string of the molecule is COc1nc(C)cc(=O)n1CCCS(C)(=O)=O. The summed E-state index contributed by atoms with van der Waals surface area (Å²) in [6, 6.07) is 1.60. The Labute approximate surface area is 100 Å². The first-order chi connectivity index (χ1) is 7.83. The monoisotopic (exact) mass is 260 g/mol. The number of hydrogen-bond acceptors (Lipinski definition) is 5. The molecule has 0 saturated heterocycles. The van der Waals surface area contributed by atoms with E-state index in [0.29, 0.717) is 12.1 Å². The van der Waals surface area contributed by atoms with Gasteiger partial charge in [0.2, 0.25) is 0 Å². The molecular formula is C10H16N2O4S. The van der Waals surface area contributed by atoms with E-state index >= 15 is 0 Å². The quantitative estimate of drug-likeness (QED) is 0.744. The molecule has 0 unspecified atom stereocenters. The highest BCUT2D eigenvalue weighted by molar-refractivity contribution is 7.90. The van der Waals surface area contributed by atoms with Crippen LogP contribution in [0.2, 0.25) is 0 Å². The second-order valence-electron chi connectivity index (χ2n) is 3.86. The van der Waals surface area contributed by atoms with Gasteiger partial charge in [0.25, 0.3) is 11.6 Å². The van der Waals surface area contributed by atoms with Crippen LogP contribution in [0.1, 0.15) is 12.1 Å². The summed E-state index contributed by atoms with van der Waals surface area (Å²) in [5.74, 6) is 0.0382. The van der Waals surface area contributed by atoms with Crippen molar-refractivity contribution in [2.45, 2.75) is 19.9 Å². The molecule has 0 aromatic carbocycles. The van der Waals surface area contributed by atoms with E-state index in [0.717, 1.165) is 0 Å². The first-order valence-corrected chi connectivity index (χ1v) is 7.20. The van der Waals surface area contributed by atoms with Crippen molar-refractivity contribution >= 4 is 9.84 Å². The van der Waals surface area contributed by atoms with Crippen LogP contribution in [0.4, 0.5) is 0 Å². The van der Waals surface area contributed by atoms with Gasteiger partial charge in [-0.1, -0.05) is 0 Å². The van der Waals surface area contributed by atoms with Crippen LogP contribution in [0.3, 0.4) is 0 Å².